The van der Waals surface area contributed by atoms with E-state index in [1.807, 2.05) is 26.0 Å². The summed E-state index contributed by atoms with van der Waals surface area (Å²) in [7, 11) is 1.74. The highest BCUT2D eigenvalue weighted by Crippen LogP contribution is 2.26. The van der Waals surface area contributed by atoms with E-state index in [4.69, 9.17) is 4.98 Å². The minimum absolute atomic E-state index is 0.0596. The molecule has 35 heavy (non-hydrogen) atoms. The SMILES string of the molecule is CCCC(Sc1nc(C)c(Cc2ccc(C(C)(C)C)cc2)c(=O)n1C)C(=O)NCc1cccnc1. The molecule has 7 heteroatoms. The molecule has 3 rings (SSSR count). The van der Waals surface area contributed by atoms with E-state index in [-0.39, 0.29) is 22.1 Å². The Kier molecular flexibility index (Phi) is 8.89. The molecule has 0 radical (unpaired) electrons. The van der Waals surface area contributed by atoms with Crippen LogP contribution in [0.4, 0.5) is 0 Å². The van der Waals surface area contributed by atoms with Gasteiger partial charge in [-0.15, -0.1) is 0 Å². The fraction of sp³-hybridized carbons (Fsp3) is 0.429. The van der Waals surface area contributed by atoms with Crippen molar-refractivity contribution in [3.8, 4) is 0 Å². The number of aromatic nitrogens is 3. The number of carbonyl (C=O) groups is 1. The van der Waals surface area contributed by atoms with Crippen molar-refractivity contribution in [2.75, 3.05) is 0 Å². The van der Waals surface area contributed by atoms with Gasteiger partial charge in [-0.3, -0.25) is 19.1 Å². The molecule has 2 heterocycles. The Labute approximate surface area is 212 Å². The lowest BCUT2D eigenvalue weighted by molar-refractivity contribution is -0.120. The van der Waals surface area contributed by atoms with Gasteiger partial charge in [0.05, 0.1) is 5.25 Å². The van der Waals surface area contributed by atoms with Crippen LogP contribution in [0.2, 0.25) is 0 Å². The van der Waals surface area contributed by atoms with Gasteiger partial charge in [0.15, 0.2) is 5.16 Å². The number of nitrogens with zero attached hydrogens (tertiary/aromatic N) is 3. The molecule has 0 saturated carbocycles. The van der Waals surface area contributed by atoms with Gasteiger partial charge in [-0.2, -0.15) is 0 Å². The van der Waals surface area contributed by atoms with Gasteiger partial charge in [0.2, 0.25) is 5.91 Å². The average Bonchev–Trinajstić information content (AvgIpc) is 2.83. The third-order valence-electron chi connectivity index (χ3n) is 6.03. The third kappa shape index (κ3) is 7.04. The maximum Gasteiger partial charge on any atom is 0.257 e. The molecule has 186 valence electrons. The lowest BCUT2D eigenvalue weighted by Crippen LogP contribution is -2.33. The van der Waals surface area contributed by atoms with Gasteiger partial charge in [0, 0.05) is 43.7 Å². The van der Waals surface area contributed by atoms with Crippen molar-refractivity contribution < 1.29 is 4.79 Å². The van der Waals surface area contributed by atoms with Gasteiger partial charge in [-0.1, -0.05) is 76.2 Å². The second-order valence-corrected chi connectivity index (χ2v) is 11.1. The monoisotopic (exact) mass is 492 g/mol. The van der Waals surface area contributed by atoms with Crippen molar-refractivity contribution >= 4 is 17.7 Å². The summed E-state index contributed by atoms with van der Waals surface area (Å²) in [5, 5.41) is 3.23. The van der Waals surface area contributed by atoms with Crippen LogP contribution in [0.25, 0.3) is 0 Å². The van der Waals surface area contributed by atoms with Crippen LogP contribution in [0.15, 0.2) is 58.7 Å². The molecule has 3 aromatic rings. The van der Waals surface area contributed by atoms with Gasteiger partial charge in [-0.25, -0.2) is 4.98 Å². The number of benzene rings is 1. The fourth-order valence-corrected chi connectivity index (χ4v) is 5.03. The molecule has 1 N–H and O–H groups in total. The first-order chi connectivity index (χ1) is 16.6. The molecule has 1 amide bonds. The maximum absolute atomic E-state index is 13.3. The van der Waals surface area contributed by atoms with E-state index >= 15 is 0 Å². The average molecular weight is 493 g/mol. The summed E-state index contributed by atoms with van der Waals surface area (Å²) in [4.78, 5) is 35.0. The van der Waals surface area contributed by atoms with E-state index in [1.165, 1.54) is 17.3 Å². The van der Waals surface area contributed by atoms with Crippen LogP contribution in [-0.2, 0) is 30.2 Å². The van der Waals surface area contributed by atoms with Gasteiger partial charge in [-0.05, 0) is 41.5 Å². The Balaban J connectivity index is 1.77. The largest absolute Gasteiger partial charge is 0.351 e. The van der Waals surface area contributed by atoms with E-state index in [0.29, 0.717) is 35.8 Å². The fourth-order valence-electron chi connectivity index (χ4n) is 3.80. The molecule has 0 fully saturated rings. The zero-order valence-electron chi connectivity index (χ0n) is 21.6. The van der Waals surface area contributed by atoms with Crippen LogP contribution in [0.3, 0.4) is 0 Å². The standard InChI is InChI=1S/C28H36N4O2S/c1-7-9-24(25(33)30-18-21-10-8-15-29-17-21)35-27-31-19(2)23(26(34)32(27)6)16-20-11-13-22(14-12-20)28(3,4)5/h8,10-15,17,24H,7,9,16,18H2,1-6H3,(H,30,33). The molecule has 1 aromatic carbocycles. The van der Waals surface area contributed by atoms with E-state index in [2.05, 4.69) is 55.3 Å². The molecular weight excluding hydrogens is 456 g/mol. The van der Waals surface area contributed by atoms with Crippen LogP contribution in [-0.4, -0.2) is 25.7 Å². The number of rotatable bonds is 9. The minimum atomic E-state index is -0.329. The molecule has 0 aliphatic carbocycles. The van der Waals surface area contributed by atoms with Gasteiger partial charge in [0.25, 0.3) is 5.56 Å². The zero-order chi connectivity index (χ0) is 25.6. The van der Waals surface area contributed by atoms with Crippen molar-refractivity contribution in [2.24, 2.45) is 7.05 Å². The number of nitrogens with one attached hydrogen (secondary N) is 1. The smallest absolute Gasteiger partial charge is 0.257 e. The summed E-state index contributed by atoms with van der Waals surface area (Å²) in [6, 6.07) is 12.2. The third-order valence-corrected chi connectivity index (χ3v) is 7.34. The highest BCUT2D eigenvalue weighted by molar-refractivity contribution is 8.00. The Morgan fingerprint density at radius 2 is 1.86 bits per heavy atom. The molecule has 0 bridgehead atoms. The highest BCUT2D eigenvalue weighted by Gasteiger charge is 2.23. The zero-order valence-corrected chi connectivity index (χ0v) is 22.4. The van der Waals surface area contributed by atoms with Crippen LogP contribution in [0, 0.1) is 6.92 Å². The Morgan fingerprint density at radius 3 is 2.46 bits per heavy atom. The van der Waals surface area contributed by atoms with E-state index < -0.39 is 0 Å². The topological polar surface area (TPSA) is 76.9 Å². The Bertz CT molecular complexity index is 1200. The van der Waals surface area contributed by atoms with E-state index in [9.17, 15) is 9.59 Å². The number of amides is 1. The summed E-state index contributed by atoms with van der Waals surface area (Å²) in [6.07, 6.45) is 5.53. The number of thioether (sulfide) groups is 1. The van der Waals surface area contributed by atoms with Crippen molar-refractivity contribution in [3.05, 3.63) is 87.1 Å². The first-order valence-corrected chi connectivity index (χ1v) is 13.0. The Hall–Kier alpha value is -2.93. The second kappa shape index (κ2) is 11.7. The quantitative estimate of drug-likeness (QED) is 0.338. The minimum Gasteiger partial charge on any atom is -0.351 e. The lowest BCUT2D eigenvalue weighted by Gasteiger charge is -2.19. The molecular formula is C28H36N4O2S. The molecule has 0 aliphatic rings. The summed E-state index contributed by atoms with van der Waals surface area (Å²) in [5.41, 5.74) is 4.71. The van der Waals surface area contributed by atoms with Gasteiger partial charge < -0.3 is 5.32 Å². The van der Waals surface area contributed by atoms with E-state index in [1.54, 1.807) is 24.0 Å². The first-order valence-electron chi connectivity index (χ1n) is 12.1. The molecule has 0 spiro atoms. The molecule has 2 aromatic heterocycles. The molecule has 0 saturated heterocycles. The second-order valence-electron chi connectivity index (χ2n) is 9.92. The predicted molar refractivity (Wildman–Crippen MR) is 143 cm³/mol. The van der Waals surface area contributed by atoms with Gasteiger partial charge in [0.1, 0.15) is 0 Å². The molecule has 1 unspecified atom stereocenters. The summed E-state index contributed by atoms with van der Waals surface area (Å²) < 4.78 is 1.58. The number of aryl methyl sites for hydroxylation is 1. The number of pyridine rings is 1. The van der Waals surface area contributed by atoms with Crippen LogP contribution in [0.5, 0.6) is 0 Å². The van der Waals surface area contributed by atoms with Crippen molar-refractivity contribution in [1.82, 2.24) is 19.9 Å². The molecule has 1 atom stereocenters. The molecule has 6 nitrogen and oxygen atoms in total. The first kappa shape index (κ1) is 26.7. The van der Waals surface area contributed by atoms with Crippen molar-refractivity contribution in [2.45, 2.75) is 76.2 Å². The summed E-state index contributed by atoms with van der Waals surface area (Å²) in [5.74, 6) is -0.0596. The molecule has 0 aliphatic heterocycles. The van der Waals surface area contributed by atoms with Crippen LogP contribution >= 0.6 is 11.8 Å². The van der Waals surface area contributed by atoms with Crippen LogP contribution in [0.1, 0.15) is 68.5 Å². The Morgan fingerprint density at radius 1 is 1.14 bits per heavy atom. The van der Waals surface area contributed by atoms with Crippen molar-refractivity contribution in [3.63, 3.8) is 0 Å². The van der Waals surface area contributed by atoms with Gasteiger partial charge >= 0.3 is 0 Å². The normalized spacial score (nSPS) is 12.4. The maximum atomic E-state index is 13.3. The predicted octanol–water partition coefficient (Wildman–Crippen LogP) is 4.95. The van der Waals surface area contributed by atoms with Crippen molar-refractivity contribution in [1.29, 1.82) is 0 Å². The van der Waals surface area contributed by atoms with E-state index in [0.717, 1.165) is 17.5 Å². The number of hydrogen-bond donors (Lipinski definition) is 1. The summed E-state index contributed by atoms with van der Waals surface area (Å²) in [6.45, 7) is 10.9. The summed E-state index contributed by atoms with van der Waals surface area (Å²) >= 11 is 1.36. The highest BCUT2D eigenvalue weighted by atomic mass is 32.2. The number of hydrogen-bond acceptors (Lipinski definition) is 5. The lowest BCUT2D eigenvalue weighted by atomic mass is 9.86. The number of carbonyl (C=O) groups excluding carboxylic acids is 1. The van der Waals surface area contributed by atoms with Crippen LogP contribution < -0.4 is 10.9 Å².